The average Bonchev–Trinajstić information content (AvgIpc) is 2.51. The zero-order valence-corrected chi connectivity index (χ0v) is 8.66. The molecule has 0 saturated carbocycles. The van der Waals surface area contributed by atoms with Crippen LogP contribution in [0.2, 0.25) is 0 Å². The van der Waals surface area contributed by atoms with E-state index in [-0.39, 0.29) is 12.4 Å². The summed E-state index contributed by atoms with van der Waals surface area (Å²) in [5.74, 6) is 1.60. The topological polar surface area (TPSA) is 43.2 Å². The van der Waals surface area contributed by atoms with Crippen LogP contribution in [0.25, 0.3) is 0 Å². The first-order valence-electron chi connectivity index (χ1n) is 4.41. The molecule has 0 bridgehead atoms. The van der Waals surface area contributed by atoms with Gasteiger partial charge in [-0.05, 0) is 17.7 Å². The molecule has 0 amide bonds. The van der Waals surface area contributed by atoms with Crippen molar-refractivity contribution in [1.29, 1.82) is 0 Å². The van der Waals surface area contributed by atoms with Crippen molar-refractivity contribution in [2.24, 2.45) is 10.2 Å². The van der Waals surface area contributed by atoms with Gasteiger partial charge in [-0.2, -0.15) is 10.2 Å². The van der Waals surface area contributed by atoms with Gasteiger partial charge < -0.3 is 9.47 Å². The molecular weight excluding hydrogens is 216 g/mol. The van der Waals surface area contributed by atoms with Gasteiger partial charge in [0.2, 0.25) is 6.79 Å². The minimum absolute atomic E-state index is 0. The number of hydrogen-bond acceptors (Lipinski definition) is 4. The molecule has 1 aromatic carbocycles. The summed E-state index contributed by atoms with van der Waals surface area (Å²) >= 11 is 0. The lowest BCUT2D eigenvalue weighted by molar-refractivity contribution is 0.174. The van der Waals surface area contributed by atoms with Crippen molar-refractivity contribution in [3.8, 4) is 11.5 Å². The van der Waals surface area contributed by atoms with Crippen LogP contribution in [0.4, 0.5) is 0 Å². The Morgan fingerprint density at radius 2 is 1.87 bits per heavy atom. The Labute approximate surface area is 93.0 Å². The molecule has 2 heterocycles. The molecule has 78 valence electrons. The molecule has 0 atom stereocenters. The fourth-order valence-corrected chi connectivity index (χ4v) is 1.58. The maximum absolute atomic E-state index is 5.29. The Hall–Kier alpha value is -1.55. The van der Waals surface area contributed by atoms with Gasteiger partial charge in [0.1, 0.15) is 0 Å². The van der Waals surface area contributed by atoms with Crippen LogP contribution in [-0.4, -0.2) is 19.2 Å². The van der Waals surface area contributed by atoms with Crippen molar-refractivity contribution in [2.45, 2.75) is 6.42 Å². The molecule has 0 spiro atoms. The first kappa shape index (κ1) is 9.98. The monoisotopic (exact) mass is 224 g/mol. The molecule has 2 aliphatic rings. The lowest BCUT2D eigenvalue weighted by atomic mass is 10.1. The van der Waals surface area contributed by atoms with Gasteiger partial charge in [0, 0.05) is 18.2 Å². The smallest absolute Gasteiger partial charge is 0.231 e. The largest absolute Gasteiger partial charge is 0.454 e. The van der Waals surface area contributed by atoms with E-state index in [1.54, 1.807) is 12.4 Å². The Kier molecular flexibility index (Phi) is 2.60. The second kappa shape index (κ2) is 3.90. The molecule has 4 nitrogen and oxygen atoms in total. The molecule has 2 aliphatic heterocycles. The molecular formula is C10H9ClN2O2. The molecule has 3 rings (SSSR count). The second-order valence-corrected chi connectivity index (χ2v) is 3.15. The summed E-state index contributed by atoms with van der Waals surface area (Å²) in [6.07, 6.45) is 4.30. The van der Waals surface area contributed by atoms with E-state index in [9.17, 15) is 0 Å². The van der Waals surface area contributed by atoms with Gasteiger partial charge in [-0.1, -0.05) is 0 Å². The lowest BCUT2D eigenvalue weighted by Crippen LogP contribution is -1.93. The number of benzene rings is 1. The van der Waals surface area contributed by atoms with Gasteiger partial charge in [0.15, 0.2) is 11.5 Å². The van der Waals surface area contributed by atoms with E-state index in [0.29, 0.717) is 6.79 Å². The van der Waals surface area contributed by atoms with Crippen LogP contribution in [0.1, 0.15) is 11.1 Å². The average molecular weight is 225 g/mol. The Balaban J connectivity index is 0.000000853. The number of ether oxygens (including phenoxy) is 2. The molecule has 0 saturated heterocycles. The highest BCUT2D eigenvalue weighted by Gasteiger charge is 2.16. The highest BCUT2D eigenvalue weighted by molar-refractivity contribution is 5.86. The van der Waals surface area contributed by atoms with Crippen LogP contribution in [0, 0.1) is 0 Å². The molecule has 0 aromatic heterocycles. The fourth-order valence-electron chi connectivity index (χ4n) is 1.58. The highest BCUT2D eigenvalue weighted by Crippen LogP contribution is 2.34. The van der Waals surface area contributed by atoms with Gasteiger partial charge in [0.05, 0.1) is 6.21 Å². The summed E-state index contributed by atoms with van der Waals surface area (Å²) in [6.45, 7) is 0.309. The normalized spacial score (nSPS) is 15.5. The molecule has 0 fully saturated rings. The van der Waals surface area contributed by atoms with Crippen LogP contribution >= 0.6 is 12.4 Å². The minimum atomic E-state index is 0. The molecule has 1 aromatic rings. The molecule has 0 aliphatic carbocycles. The lowest BCUT2D eigenvalue weighted by Gasteiger charge is -2.03. The molecule has 0 N–H and O–H groups in total. The van der Waals surface area contributed by atoms with E-state index < -0.39 is 0 Å². The van der Waals surface area contributed by atoms with Crippen LogP contribution in [0.15, 0.2) is 22.3 Å². The molecule has 15 heavy (non-hydrogen) atoms. The predicted octanol–water partition coefficient (Wildman–Crippen LogP) is 1.80. The third kappa shape index (κ3) is 1.68. The quantitative estimate of drug-likeness (QED) is 0.675. The summed E-state index contributed by atoms with van der Waals surface area (Å²) in [5, 5.41) is 7.74. The van der Waals surface area contributed by atoms with Gasteiger partial charge in [0.25, 0.3) is 0 Å². The summed E-state index contributed by atoms with van der Waals surface area (Å²) in [7, 11) is 0. The van der Waals surface area contributed by atoms with Gasteiger partial charge >= 0.3 is 0 Å². The standard InChI is InChI=1S/C10H8N2O2.ClH/c1-2-11-12-5-8-4-10-9(3-7(1)8)13-6-14-10;/h2-5H,1,6H2;1H. The van der Waals surface area contributed by atoms with Crippen molar-refractivity contribution in [1.82, 2.24) is 0 Å². The first-order valence-corrected chi connectivity index (χ1v) is 4.41. The van der Waals surface area contributed by atoms with E-state index >= 15 is 0 Å². The third-order valence-corrected chi connectivity index (χ3v) is 2.29. The van der Waals surface area contributed by atoms with E-state index in [4.69, 9.17) is 9.47 Å². The zero-order valence-electron chi connectivity index (χ0n) is 7.84. The van der Waals surface area contributed by atoms with Crippen LogP contribution in [-0.2, 0) is 6.42 Å². The summed E-state index contributed by atoms with van der Waals surface area (Å²) < 4.78 is 10.6. The fraction of sp³-hybridized carbons (Fsp3) is 0.200. The molecule has 5 heteroatoms. The van der Waals surface area contributed by atoms with Crippen molar-refractivity contribution < 1.29 is 9.47 Å². The Morgan fingerprint density at radius 3 is 2.73 bits per heavy atom. The van der Waals surface area contributed by atoms with Crippen molar-refractivity contribution in [3.63, 3.8) is 0 Å². The van der Waals surface area contributed by atoms with Crippen molar-refractivity contribution in [2.75, 3.05) is 6.79 Å². The molecule has 0 radical (unpaired) electrons. The highest BCUT2D eigenvalue weighted by atomic mass is 35.5. The number of fused-ring (bicyclic) bond motifs is 2. The number of halogens is 1. The second-order valence-electron chi connectivity index (χ2n) is 3.15. The Morgan fingerprint density at radius 1 is 1.07 bits per heavy atom. The summed E-state index contributed by atoms with van der Waals surface area (Å²) in [4.78, 5) is 0. The van der Waals surface area contributed by atoms with Gasteiger partial charge in [-0.3, -0.25) is 0 Å². The zero-order chi connectivity index (χ0) is 9.38. The minimum Gasteiger partial charge on any atom is -0.454 e. The first-order chi connectivity index (χ1) is 6.93. The number of rotatable bonds is 0. The van der Waals surface area contributed by atoms with E-state index in [1.165, 1.54) is 5.56 Å². The van der Waals surface area contributed by atoms with Crippen molar-refractivity contribution in [3.05, 3.63) is 23.3 Å². The van der Waals surface area contributed by atoms with Crippen LogP contribution in [0.5, 0.6) is 11.5 Å². The number of nitrogens with zero attached hydrogens (tertiary/aromatic N) is 2. The number of hydrogen-bond donors (Lipinski definition) is 0. The maximum Gasteiger partial charge on any atom is 0.231 e. The third-order valence-electron chi connectivity index (χ3n) is 2.29. The van der Waals surface area contributed by atoms with Crippen LogP contribution in [0.3, 0.4) is 0 Å². The predicted molar refractivity (Wildman–Crippen MR) is 59.6 cm³/mol. The summed E-state index contributed by atoms with van der Waals surface area (Å²) in [5.41, 5.74) is 2.21. The SMILES string of the molecule is C1=NN=Cc2cc3c(cc2C1)OCO3.Cl. The van der Waals surface area contributed by atoms with Crippen LogP contribution < -0.4 is 9.47 Å². The van der Waals surface area contributed by atoms with Gasteiger partial charge in [-0.25, -0.2) is 0 Å². The van der Waals surface area contributed by atoms with Crippen molar-refractivity contribution >= 4 is 24.8 Å². The van der Waals surface area contributed by atoms with Gasteiger partial charge in [-0.15, -0.1) is 12.4 Å². The molecule has 0 unspecified atom stereocenters. The van der Waals surface area contributed by atoms with E-state index in [2.05, 4.69) is 10.2 Å². The van der Waals surface area contributed by atoms with E-state index in [1.807, 2.05) is 12.1 Å². The van der Waals surface area contributed by atoms with E-state index in [0.717, 1.165) is 23.5 Å². The Bertz CT molecular complexity index is 443. The summed E-state index contributed by atoms with van der Waals surface area (Å²) in [6, 6.07) is 3.93. The maximum atomic E-state index is 5.29.